The van der Waals surface area contributed by atoms with Crippen LogP contribution >= 0.6 is 11.6 Å². The molecule has 1 heterocycles. The normalized spacial score (nSPS) is 15.8. The molecule has 1 aromatic rings. The zero-order valence-electron chi connectivity index (χ0n) is 13.0. The summed E-state index contributed by atoms with van der Waals surface area (Å²) in [6.07, 6.45) is 1.69. The van der Waals surface area contributed by atoms with Crippen LogP contribution in [0.5, 0.6) is 0 Å². The van der Waals surface area contributed by atoms with Gasteiger partial charge in [-0.15, -0.1) is 0 Å². The molecular weight excluding hydrogens is 340 g/mol. The monoisotopic (exact) mass is 360 g/mol. The van der Waals surface area contributed by atoms with Crippen LogP contribution in [0, 0.1) is 0 Å². The van der Waals surface area contributed by atoms with Crippen molar-refractivity contribution < 1.29 is 18.3 Å². The lowest BCUT2D eigenvalue weighted by Crippen LogP contribution is -2.34. The molecule has 0 saturated carbocycles. The van der Waals surface area contributed by atoms with Crippen molar-refractivity contribution in [2.45, 2.75) is 24.7 Å². The molecule has 0 bridgehead atoms. The first kappa shape index (κ1) is 18.2. The zero-order chi connectivity index (χ0) is 17.0. The minimum absolute atomic E-state index is 0.0761. The Morgan fingerprint density at radius 3 is 2.57 bits per heavy atom. The second-order valence-corrected chi connectivity index (χ2v) is 7.71. The van der Waals surface area contributed by atoms with Crippen LogP contribution in [0.2, 0.25) is 5.02 Å². The number of aliphatic hydroxyl groups excluding tert-OH is 1. The minimum Gasteiger partial charge on any atom is -0.395 e. The fraction of sp³-hybridized carbons (Fsp3) is 0.533. The number of carbonyl (C=O) groups excluding carboxylic acids is 1. The van der Waals surface area contributed by atoms with E-state index in [9.17, 15) is 13.2 Å². The Morgan fingerprint density at radius 1 is 1.35 bits per heavy atom. The highest BCUT2D eigenvalue weighted by Crippen LogP contribution is 2.26. The van der Waals surface area contributed by atoms with Gasteiger partial charge in [0.05, 0.1) is 22.1 Å². The fourth-order valence-corrected chi connectivity index (χ4v) is 4.34. The Morgan fingerprint density at radius 2 is 2.00 bits per heavy atom. The average molecular weight is 361 g/mol. The van der Waals surface area contributed by atoms with E-state index < -0.39 is 10.0 Å². The van der Waals surface area contributed by atoms with Gasteiger partial charge in [-0.3, -0.25) is 4.79 Å². The Hall–Kier alpha value is -1.15. The molecule has 1 amide bonds. The van der Waals surface area contributed by atoms with E-state index in [1.54, 1.807) is 6.92 Å². The van der Waals surface area contributed by atoms with Crippen molar-refractivity contribution in [3.8, 4) is 0 Å². The van der Waals surface area contributed by atoms with Crippen molar-refractivity contribution in [3.63, 3.8) is 0 Å². The van der Waals surface area contributed by atoms with Crippen LogP contribution < -0.4 is 0 Å². The van der Waals surface area contributed by atoms with Crippen LogP contribution in [0.1, 0.15) is 30.1 Å². The first-order chi connectivity index (χ1) is 10.9. The molecule has 23 heavy (non-hydrogen) atoms. The van der Waals surface area contributed by atoms with E-state index in [1.165, 1.54) is 27.4 Å². The molecular formula is C15H21ClN2O4S. The van der Waals surface area contributed by atoms with Crippen LogP contribution in [0.25, 0.3) is 0 Å². The number of hydrogen-bond acceptors (Lipinski definition) is 4. The minimum atomic E-state index is -3.60. The lowest BCUT2D eigenvalue weighted by atomic mass is 10.2. The summed E-state index contributed by atoms with van der Waals surface area (Å²) < 4.78 is 26.6. The quantitative estimate of drug-likeness (QED) is 0.835. The summed E-state index contributed by atoms with van der Waals surface area (Å²) in [5.41, 5.74) is 0.141. The summed E-state index contributed by atoms with van der Waals surface area (Å²) in [5.74, 6) is -0.384. The van der Waals surface area contributed by atoms with E-state index in [-0.39, 0.29) is 34.5 Å². The van der Waals surface area contributed by atoms with Gasteiger partial charge in [-0.1, -0.05) is 11.6 Å². The summed E-state index contributed by atoms with van der Waals surface area (Å²) in [6.45, 7) is 3.20. The van der Waals surface area contributed by atoms with Gasteiger partial charge in [0.25, 0.3) is 5.91 Å². The van der Waals surface area contributed by atoms with E-state index in [4.69, 9.17) is 16.7 Å². The van der Waals surface area contributed by atoms with Gasteiger partial charge in [-0.05, 0) is 38.0 Å². The molecule has 0 unspecified atom stereocenters. The third kappa shape index (κ3) is 3.85. The van der Waals surface area contributed by atoms with Gasteiger partial charge >= 0.3 is 0 Å². The molecule has 0 spiro atoms. The summed E-state index contributed by atoms with van der Waals surface area (Å²) >= 11 is 6.08. The number of likely N-dealkylation sites (N-methyl/N-ethyl adjacent to an activating group) is 1. The van der Waals surface area contributed by atoms with Crippen LogP contribution in [-0.4, -0.2) is 61.4 Å². The second-order valence-electron chi connectivity index (χ2n) is 5.36. The standard InChI is InChI=1S/C15H21ClN2O4S/c1-2-17(9-10-19)15(20)13-11-12(5-6-14(13)16)23(21,22)18-7-3-4-8-18/h5-6,11,19H,2-4,7-10H2,1H3. The van der Waals surface area contributed by atoms with Crippen LogP contribution in [0.4, 0.5) is 0 Å². The van der Waals surface area contributed by atoms with Gasteiger partial charge in [0.15, 0.2) is 0 Å². The summed E-state index contributed by atoms with van der Waals surface area (Å²) in [5, 5.41) is 9.23. The van der Waals surface area contributed by atoms with E-state index in [0.29, 0.717) is 19.6 Å². The Kier molecular flexibility index (Phi) is 6.02. The van der Waals surface area contributed by atoms with Crippen molar-refractivity contribution in [2.75, 3.05) is 32.8 Å². The predicted molar refractivity (Wildman–Crippen MR) is 88.1 cm³/mol. The second kappa shape index (κ2) is 7.61. The number of aliphatic hydroxyl groups is 1. The SMILES string of the molecule is CCN(CCO)C(=O)c1cc(S(=O)(=O)N2CCCC2)ccc1Cl. The molecule has 1 aliphatic heterocycles. The number of hydrogen-bond donors (Lipinski definition) is 1. The maximum Gasteiger partial charge on any atom is 0.255 e. The Balaban J connectivity index is 2.37. The van der Waals surface area contributed by atoms with Crippen LogP contribution in [0.3, 0.4) is 0 Å². The Labute approximate surface area is 141 Å². The fourth-order valence-electron chi connectivity index (χ4n) is 2.60. The number of amides is 1. The molecule has 6 nitrogen and oxygen atoms in total. The summed E-state index contributed by atoms with van der Waals surface area (Å²) in [7, 11) is -3.60. The third-order valence-corrected chi connectivity index (χ3v) is 6.13. The molecule has 0 atom stereocenters. The molecule has 1 saturated heterocycles. The van der Waals surface area contributed by atoms with Gasteiger partial charge < -0.3 is 10.0 Å². The maximum absolute atomic E-state index is 12.6. The van der Waals surface area contributed by atoms with Crippen molar-refractivity contribution in [3.05, 3.63) is 28.8 Å². The highest BCUT2D eigenvalue weighted by atomic mass is 35.5. The van der Waals surface area contributed by atoms with Crippen LogP contribution in [-0.2, 0) is 10.0 Å². The largest absolute Gasteiger partial charge is 0.395 e. The predicted octanol–water partition coefficient (Wildman–Crippen LogP) is 1.58. The molecule has 0 radical (unpaired) electrons. The smallest absolute Gasteiger partial charge is 0.255 e. The molecule has 1 aliphatic rings. The molecule has 1 aromatic carbocycles. The highest BCUT2D eigenvalue weighted by Gasteiger charge is 2.28. The molecule has 0 aromatic heterocycles. The molecule has 2 rings (SSSR count). The van der Waals surface area contributed by atoms with Crippen LogP contribution in [0.15, 0.2) is 23.1 Å². The molecule has 1 fully saturated rings. The number of rotatable bonds is 6. The first-order valence-corrected chi connectivity index (χ1v) is 9.43. The van der Waals surface area contributed by atoms with Crippen molar-refractivity contribution >= 4 is 27.5 Å². The zero-order valence-corrected chi connectivity index (χ0v) is 14.6. The van der Waals surface area contributed by atoms with Gasteiger partial charge in [0.1, 0.15) is 0 Å². The van der Waals surface area contributed by atoms with Crippen molar-refractivity contribution in [1.82, 2.24) is 9.21 Å². The average Bonchev–Trinajstić information content (AvgIpc) is 3.07. The summed E-state index contributed by atoms with van der Waals surface area (Å²) in [4.78, 5) is 14.0. The molecule has 128 valence electrons. The third-order valence-electron chi connectivity index (χ3n) is 3.91. The maximum atomic E-state index is 12.6. The van der Waals surface area contributed by atoms with E-state index >= 15 is 0 Å². The number of benzene rings is 1. The lowest BCUT2D eigenvalue weighted by molar-refractivity contribution is 0.0732. The number of nitrogens with zero attached hydrogens (tertiary/aromatic N) is 2. The molecule has 1 N–H and O–H groups in total. The van der Waals surface area contributed by atoms with Gasteiger partial charge in [-0.25, -0.2) is 8.42 Å². The van der Waals surface area contributed by atoms with Gasteiger partial charge in [0.2, 0.25) is 10.0 Å². The van der Waals surface area contributed by atoms with Gasteiger partial charge in [0, 0.05) is 26.2 Å². The number of sulfonamides is 1. The topological polar surface area (TPSA) is 77.9 Å². The highest BCUT2D eigenvalue weighted by molar-refractivity contribution is 7.89. The van der Waals surface area contributed by atoms with Crippen molar-refractivity contribution in [1.29, 1.82) is 0 Å². The summed E-state index contributed by atoms with van der Waals surface area (Å²) in [6, 6.07) is 4.19. The first-order valence-electron chi connectivity index (χ1n) is 7.61. The molecule has 0 aliphatic carbocycles. The Bertz CT molecular complexity index is 672. The number of carbonyl (C=O) groups is 1. The van der Waals surface area contributed by atoms with E-state index in [1.807, 2.05) is 0 Å². The molecule has 8 heteroatoms. The number of halogens is 1. The van der Waals surface area contributed by atoms with Crippen molar-refractivity contribution in [2.24, 2.45) is 0 Å². The van der Waals surface area contributed by atoms with Gasteiger partial charge in [-0.2, -0.15) is 4.31 Å². The van der Waals surface area contributed by atoms with E-state index in [2.05, 4.69) is 0 Å². The van der Waals surface area contributed by atoms with E-state index in [0.717, 1.165) is 12.8 Å². The lowest BCUT2D eigenvalue weighted by Gasteiger charge is -2.21.